The molecule has 49 heavy (non-hydrogen) atoms. The van der Waals surface area contributed by atoms with E-state index < -0.39 is 28.5 Å². The average Bonchev–Trinajstić information content (AvgIpc) is 3.09. The number of anilines is 1. The Morgan fingerprint density at radius 3 is 2.20 bits per heavy atom. The largest absolute Gasteiger partial charge is 0.495 e. The number of benzene rings is 4. The van der Waals surface area contributed by atoms with E-state index in [2.05, 4.69) is 5.32 Å². The summed E-state index contributed by atoms with van der Waals surface area (Å²) in [5.41, 5.74) is 2.52. The molecule has 0 spiro atoms. The van der Waals surface area contributed by atoms with Gasteiger partial charge in [-0.3, -0.25) is 13.9 Å². The summed E-state index contributed by atoms with van der Waals surface area (Å²) in [5, 5.41) is 3.95. The Morgan fingerprint density at radius 2 is 1.53 bits per heavy atom. The van der Waals surface area contributed by atoms with Gasteiger partial charge in [0.15, 0.2) is 0 Å². The van der Waals surface area contributed by atoms with Gasteiger partial charge in [0.2, 0.25) is 11.8 Å². The zero-order valence-corrected chi connectivity index (χ0v) is 30.0. The molecule has 1 N–H and O–H groups in total. The number of sulfonamides is 1. The summed E-state index contributed by atoms with van der Waals surface area (Å²) < 4.78 is 35.4. The Bertz CT molecular complexity index is 1850. The number of nitrogens with zero attached hydrogens (tertiary/aromatic N) is 2. The van der Waals surface area contributed by atoms with Gasteiger partial charge in [-0.2, -0.15) is 0 Å². The van der Waals surface area contributed by atoms with E-state index in [1.165, 1.54) is 30.2 Å². The Labute approximate surface area is 299 Å². The zero-order chi connectivity index (χ0) is 35.0. The van der Waals surface area contributed by atoms with Crippen molar-refractivity contribution in [2.75, 3.05) is 18.0 Å². The van der Waals surface area contributed by atoms with Crippen LogP contribution in [-0.2, 0) is 32.6 Å². The highest BCUT2D eigenvalue weighted by molar-refractivity contribution is 7.92. The van der Waals surface area contributed by atoms with E-state index in [4.69, 9.17) is 27.9 Å². The minimum atomic E-state index is -4.33. The average molecular weight is 723 g/mol. The van der Waals surface area contributed by atoms with Gasteiger partial charge in [-0.15, -0.1) is 0 Å². The van der Waals surface area contributed by atoms with Gasteiger partial charge in [0.1, 0.15) is 18.3 Å². The number of ether oxygens (including phenoxy) is 1. The van der Waals surface area contributed by atoms with Crippen LogP contribution in [0, 0.1) is 6.92 Å². The van der Waals surface area contributed by atoms with Crippen LogP contribution < -0.4 is 14.4 Å². The molecule has 1 saturated carbocycles. The van der Waals surface area contributed by atoms with Gasteiger partial charge in [0.05, 0.1) is 17.7 Å². The Hall–Kier alpha value is -4.05. The molecule has 2 amide bonds. The summed E-state index contributed by atoms with van der Waals surface area (Å²) in [4.78, 5) is 30.5. The SMILES string of the molecule is COc1ccc(Cl)cc1N(CC(=O)N(Cc1cccc(Cl)c1)C(Cc1ccccc1)C(=O)NC1CCCCC1)S(=O)(=O)c1ccc(C)cc1. The number of carbonyl (C=O) groups excluding carboxylic acids is 2. The maximum Gasteiger partial charge on any atom is 0.264 e. The van der Waals surface area contributed by atoms with Crippen molar-refractivity contribution in [3.63, 3.8) is 0 Å². The molecule has 8 nitrogen and oxygen atoms in total. The number of aryl methyl sites for hydroxylation is 1. The fourth-order valence-electron chi connectivity index (χ4n) is 6.14. The first kappa shape index (κ1) is 36.2. The second kappa shape index (κ2) is 16.6. The summed E-state index contributed by atoms with van der Waals surface area (Å²) in [6.45, 7) is 1.24. The third-order valence-corrected chi connectivity index (χ3v) is 11.0. The number of amides is 2. The number of carbonyl (C=O) groups is 2. The number of nitrogens with one attached hydrogen (secondary N) is 1. The molecular weight excluding hydrogens is 681 g/mol. The third-order valence-electron chi connectivity index (χ3n) is 8.76. The molecule has 0 radical (unpaired) electrons. The molecule has 11 heteroatoms. The molecule has 4 aromatic carbocycles. The molecule has 4 aromatic rings. The van der Waals surface area contributed by atoms with Crippen molar-refractivity contribution in [1.82, 2.24) is 10.2 Å². The van der Waals surface area contributed by atoms with Crippen LogP contribution in [0.2, 0.25) is 10.0 Å². The quantitative estimate of drug-likeness (QED) is 0.154. The van der Waals surface area contributed by atoms with Gasteiger partial charge in [0, 0.05) is 29.1 Å². The van der Waals surface area contributed by atoms with Crippen molar-refractivity contribution in [2.24, 2.45) is 0 Å². The van der Waals surface area contributed by atoms with Crippen LogP contribution in [0.25, 0.3) is 0 Å². The number of rotatable bonds is 13. The maximum atomic E-state index is 14.8. The summed E-state index contributed by atoms with van der Waals surface area (Å²) >= 11 is 12.8. The lowest BCUT2D eigenvalue weighted by Crippen LogP contribution is -2.55. The number of hydrogen-bond acceptors (Lipinski definition) is 5. The van der Waals surface area contributed by atoms with Crippen molar-refractivity contribution in [2.45, 2.75) is 69.0 Å². The van der Waals surface area contributed by atoms with Crippen LogP contribution >= 0.6 is 23.2 Å². The first-order chi connectivity index (χ1) is 23.5. The zero-order valence-electron chi connectivity index (χ0n) is 27.6. The van der Waals surface area contributed by atoms with Crippen LogP contribution in [0.5, 0.6) is 5.75 Å². The van der Waals surface area contributed by atoms with E-state index in [0.717, 1.165) is 47.5 Å². The van der Waals surface area contributed by atoms with Crippen LogP contribution in [0.1, 0.15) is 48.8 Å². The molecule has 5 rings (SSSR count). The van der Waals surface area contributed by atoms with Gasteiger partial charge < -0.3 is 15.0 Å². The number of halogens is 2. The van der Waals surface area contributed by atoms with Crippen molar-refractivity contribution in [1.29, 1.82) is 0 Å². The molecule has 258 valence electrons. The molecule has 1 unspecified atom stereocenters. The molecule has 0 aliphatic heterocycles. The third kappa shape index (κ3) is 9.35. The molecule has 1 atom stereocenters. The second-order valence-corrected chi connectivity index (χ2v) is 15.1. The van der Waals surface area contributed by atoms with E-state index in [-0.39, 0.29) is 46.3 Å². The minimum Gasteiger partial charge on any atom is -0.495 e. The lowest BCUT2D eigenvalue weighted by molar-refractivity contribution is -0.140. The van der Waals surface area contributed by atoms with E-state index in [1.807, 2.05) is 43.3 Å². The van der Waals surface area contributed by atoms with Crippen molar-refractivity contribution >= 4 is 50.7 Å². The Morgan fingerprint density at radius 1 is 0.857 bits per heavy atom. The van der Waals surface area contributed by atoms with Gasteiger partial charge in [0.25, 0.3) is 10.0 Å². The number of hydrogen-bond donors (Lipinski definition) is 1. The first-order valence-corrected chi connectivity index (χ1v) is 18.6. The van der Waals surface area contributed by atoms with Crippen LogP contribution in [-0.4, -0.2) is 50.9 Å². The molecular formula is C38H41Cl2N3O5S. The predicted molar refractivity (Wildman–Crippen MR) is 195 cm³/mol. The van der Waals surface area contributed by atoms with Crippen LogP contribution in [0.15, 0.2) is 102 Å². The van der Waals surface area contributed by atoms with E-state index in [9.17, 15) is 18.0 Å². The summed E-state index contributed by atoms with van der Waals surface area (Å²) in [6.07, 6.45) is 5.11. The summed E-state index contributed by atoms with van der Waals surface area (Å²) in [5.74, 6) is -0.665. The van der Waals surface area contributed by atoms with E-state index in [0.29, 0.717) is 10.6 Å². The number of methoxy groups -OCH3 is 1. The maximum absolute atomic E-state index is 14.8. The van der Waals surface area contributed by atoms with E-state index >= 15 is 0 Å². The highest BCUT2D eigenvalue weighted by Crippen LogP contribution is 2.35. The normalized spacial score (nSPS) is 14.1. The van der Waals surface area contributed by atoms with Crippen molar-refractivity contribution in [3.8, 4) is 5.75 Å². The predicted octanol–water partition coefficient (Wildman–Crippen LogP) is 7.59. The van der Waals surface area contributed by atoms with Crippen LogP contribution in [0.3, 0.4) is 0 Å². The smallest absolute Gasteiger partial charge is 0.264 e. The fourth-order valence-corrected chi connectivity index (χ4v) is 7.93. The molecule has 1 aliphatic carbocycles. The van der Waals surface area contributed by atoms with Gasteiger partial charge in [-0.1, -0.05) is 103 Å². The summed E-state index contributed by atoms with van der Waals surface area (Å²) in [7, 11) is -2.91. The highest BCUT2D eigenvalue weighted by atomic mass is 35.5. The molecule has 0 aromatic heterocycles. The van der Waals surface area contributed by atoms with Gasteiger partial charge in [-0.25, -0.2) is 8.42 Å². The molecule has 0 bridgehead atoms. The lowest BCUT2D eigenvalue weighted by Gasteiger charge is -2.35. The lowest BCUT2D eigenvalue weighted by atomic mass is 9.94. The molecule has 0 heterocycles. The minimum absolute atomic E-state index is 0.00298. The molecule has 0 saturated heterocycles. The van der Waals surface area contributed by atoms with Crippen LogP contribution in [0.4, 0.5) is 5.69 Å². The van der Waals surface area contributed by atoms with Crippen molar-refractivity contribution in [3.05, 3.63) is 124 Å². The molecule has 1 fully saturated rings. The van der Waals surface area contributed by atoms with Gasteiger partial charge >= 0.3 is 0 Å². The van der Waals surface area contributed by atoms with E-state index in [1.54, 1.807) is 42.5 Å². The first-order valence-electron chi connectivity index (χ1n) is 16.4. The Balaban J connectivity index is 1.60. The monoisotopic (exact) mass is 721 g/mol. The second-order valence-electron chi connectivity index (χ2n) is 12.3. The fraction of sp³-hybridized carbons (Fsp3) is 0.316. The molecule has 1 aliphatic rings. The Kier molecular flexibility index (Phi) is 12.3. The van der Waals surface area contributed by atoms with Gasteiger partial charge in [-0.05, 0) is 73.4 Å². The standard InChI is InChI=1S/C38H41Cl2N3O5S/c1-27-16-19-33(20-17-27)49(46,47)43(34-24-31(40)18-21-36(34)48-2)26-37(44)42(25-29-12-9-13-30(39)22-29)35(23-28-10-5-3-6-11-28)38(45)41-32-14-7-4-8-15-32/h3,5-6,9-13,16-22,24,32,35H,4,7-8,14-15,23,25-26H2,1-2H3,(H,41,45). The summed E-state index contributed by atoms with van der Waals surface area (Å²) in [6, 6.07) is 26.6. The highest BCUT2D eigenvalue weighted by Gasteiger charge is 2.36. The topological polar surface area (TPSA) is 96.0 Å². The van der Waals surface area contributed by atoms with Crippen molar-refractivity contribution < 1.29 is 22.7 Å².